The summed E-state index contributed by atoms with van der Waals surface area (Å²) in [5, 5.41) is 110. The van der Waals surface area contributed by atoms with Crippen molar-refractivity contribution < 1.29 is 118 Å². The molecule has 43 heteroatoms. The van der Waals surface area contributed by atoms with Crippen molar-refractivity contribution in [2.24, 2.45) is 11.7 Å². The van der Waals surface area contributed by atoms with Crippen LogP contribution in [0.15, 0.2) is 85.7 Å². The van der Waals surface area contributed by atoms with Gasteiger partial charge in [0, 0.05) is 56.0 Å². The van der Waals surface area contributed by atoms with Gasteiger partial charge in [-0.1, -0.05) is 74.5 Å². The van der Waals surface area contributed by atoms with E-state index in [0.29, 0.717) is 16.8 Å². The number of aromatic nitrogens is 4. The molecule has 14 atom stereocenters. The van der Waals surface area contributed by atoms with Crippen molar-refractivity contribution in [1.82, 2.24) is 94.0 Å². The van der Waals surface area contributed by atoms with Crippen molar-refractivity contribution in [2.45, 2.75) is 150 Å². The molecule has 14 amide bonds. The Labute approximate surface area is 627 Å². The van der Waals surface area contributed by atoms with Crippen molar-refractivity contribution >= 4 is 94.6 Å². The Kier molecular flexibility index (Phi) is 35.8. The highest BCUT2D eigenvalue weighted by atomic mass is 16.4. The number of rotatable bonds is 45. The number of amides is 14. The molecule has 5 rings (SSSR count). The summed E-state index contributed by atoms with van der Waals surface area (Å²) < 4.78 is 0. The number of H-pyrrole nitrogens is 2. The highest BCUT2D eigenvalue weighted by molar-refractivity contribution is 6.00. The Morgan fingerprint density at radius 2 is 0.855 bits per heavy atom. The maximum atomic E-state index is 14.1. The van der Waals surface area contributed by atoms with E-state index < -0.39 is 244 Å². The smallest absolute Gasteiger partial charge is 0.328 e. The molecule has 0 bridgehead atoms. The molecule has 600 valence electrons. The number of imidazole rings is 2. The molecule has 0 aliphatic carbocycles. The molecule has 1 aliphatic heterocycles. The van der Waals surface area contributed by atoms with Gasteiger partial charge < -0.3 is 131 Å². The van der Waals surface area contributed by atoms with E-state index >= 15 is 0 Å². The second-order valence-corrected chi connectivity index (χ2v) is 25.6. The minimum atomic E-state index is -2.01. The first-order valence-corrected chi connectivity index (χ1v) is 34.4. The molecule has 3 heterocycles. The molecule has 110 heavy (non-hydrogen) atoms. The van der Waals surface area contributed by atoms with Gasteiger partial charge in [0.25, 0.3) is 0 Å². The molecule has 43 nitrogen and oxygen atoms in total. The molecule has 2 aromatic heterocycles. The van der Waals surface area contributed by atoms with Crippen LogP contribution in [-0.4, -0.2) is 298 Å². The largest absolute Gasteiger partial charge is 0.481 e. The molecule has 0 radical (unpaired) electrons. The van der Waals surface area contributed by atoms with Gasteiger partial charge in [0.1, 0.15) is 72.5 Å². The molecule has 0 saturated carbocycles. The average molecular weight is 1550 g/mol. The number of carboxylic acid groups (broad SMARTS) is 2. The summed E-state index contributed by atoms with van der Waals surface area (Å²) in [6.45, 7) is -3.14. The van der Waals surface area contributed by atoms with Gasteiger partial charge in [-0.15, -0.1) is 0 Å². The van der Waals surface area contributed by atoms with E-state index in [-0.39, 0.29) is 44.3 Å². The number of hydrogen-bond donors (Lipinski definition) is 24. The van der Waals surface area contributed by atoms with Gasteiger partial charge in [0.05, 0.1) is 71.3 Å². The van der Waals surface area contributed by atoms with Gasteiger partial charge in [0.2, 0.25) is 82.7 Å². The van der Waals surface area contributed by atoms with E-state index in [1.165, 1.54) is 38.9 Å². The highest BCUT2D eigenvalue weighted by Crippen LogP contribution is 2.20. The number of hydrogen-bond acceptors (Lipinski definition) is 25. The lowest BCUT2D eigenvalue weighted by atomic mass is 10.0. The fourth-order valence-electron chi connectivity index (χ4n) is 10.9. The van der Waals surface area contributed by atoms with Crippen LogP contribution in [0.25, 0.3) is 0 Å². The maximum absolute atomic E-state index is 14.1. The summed E-state index contributed by atoms with van der Waals surface area (Å²) in [5.74, 6) is -19.3. The van der Waals surface area contributed by atoms with Gasteiger partial charge in [-0.25, -0.2) is 14.8 Å². The van der Waals surface area contributed by atoms with E-state index in [0.717, 1.165) is 11.8 Å². The number of aliphatic hydroxyl groups excluding tert-OH is 6. The van der Waals surface area contributed by atoms with Crippen LogP contribution in [0.3, 0.4) is 0 Å². The summed E-state index contributed by atoms with van der Waals surface area (Å²) in [4.78, 5) is 229. The SMILES string of the molecule is CC(C)[C@H](NC(=O)[C@H](CO)NC(=O)[C@H](Cc1ccccc1)NC(=O)[C@H](CO)NC(=O)[C@H](Cc1cnc[nH]1)NC(=O)[C@@H](N)CO)C(=O)NCC(=O)N[C@@H](CO)C(=O)NCC(=O)N[C@@H](CC(=O)O)C(=O)N[C@@H](Cc1cnc[nH]1)C(=O)N[C@@H](CO)C(=O)N1CCC[C@H]1C(=O)N[C@@H](Cc1ccccc1)C(=O)N[C@H](C(=O)O)[C@@H](C)O. The van der Waals surface area contributed by atoms with Crippen LogP contribution in [-0.2, 0) is 102 Å². The second kappa shape index (κ2) is 44.4. The zero-order valence-electron chi connectivity index (χ0n) is 59.9. The number of benzene rings is 2. The zero-order chi connectivity index (χ0) is 81.3. The number of carbonyl (C=O) groups excluding carboxylic acids is 14. The molecule has 2 aromatic carbocycles. The third-order valence-corrected chi connectivity index (χ3v) is 16.9. The van der Waals surface area contributed by atoms with Crippen LogP contribution in [0.4, 0.5) is 0 Å². The summed E-state index contributed by atoms with van der Waals surface area (Å²) in [6, 6.07) is -5.20. The minimum Gasteiger partial charge on any atom is -0.481 e. The van der Waals surface area contributed by atoms with Gasteiger partial charge in [-0.2, -0.15) is 0 Å². The Hall–Kier alpha value is -11.9. The summed E-state index contributed by atoms with van der Waals surface area (Å²) in [6.07, 6.45) is 1.53. The molecule has 1 aliphatic rings. The number of aliphatic hydroxyl groups is 6. The zero-order valence-corrected chi connectivity index (χ0v) is 59.9. The maximum Gasteiger partial charge on any atom is 0.328 e. The third-order valence-electron chi connectivity index (χ3n) is 16.9. The van der Waals surface area contributed by atoms with E-state index in [1.807, 2.05) is 0 Å². The number of carboxylic acids is 2. The molecule has 1 saturated heterocycles. The fourth-order valence-corrected chi connectivity index (χ4v) is 10.9. The lowest BCUT2D eigenvalue weighted by Gasteiger charge is -2.30. The first-order chi connectivity index (χ1) is 52.3. The normalized spacial score (nSPS) is 16.0. The molecule has 4 aromatic rings. The van der Waals surface area contributed by atoms with Gasteiger partial charge in [0.15, 0.2) is 6.04 Å². The molecule has 0 spiro atoms. The molecular formula is C67H93N19O24. The Balaban J connectivity index is 1.17. The predicted octanol–water partition coefficient (Wildman–Crippen LogP) is -11.2. The van der Waals surface area contributed by atoms with Crippen LogP contribution in [0.1, 0.15) is 62.5 Å². The van der Waals surface area contributed by atoms with Crippen molar-refractivity contribution in [3.8, 4) is 0 Å². The standard InChI is InChI=1S/C67H93N19O24/c1-33(2)53(84-63(105)47(29-90)82-57(99)40(17-35-11-6-4-7-12-35)78-62(104)46(28-89)81-58(100)42(19-37-22-69-31-73-37)77-55(97)39(68)26-87)65(107)72-25-51(94)76-45(27-88)56(98)71-24-50(93)75-44(21-52(95)96)60(102)79-43(20-38-23-70-32-74-38)59(101)83-48(30-91)66(108)86-16-10-15-49(86)64(106)80-41(18-36-13-8-5-9-14-36)61(103)85-54(34(3)92)67(109)110/h4-9,11-14,22-23,31-34,39-49,53-54,87-92H,10,15-21,24-30,68H2,1-3H3,(H,69,73)(H,70,74)(H,71,98)(H,72,107)(H,75,93)(H,76,94)(H,77,97)(H,78,104)(H,79,102)(H,80,106)(H,81,100)(H,82,99)(H,83,101)(H,84,105)(H,85,103)(H,95,96)(H,109,110)/t34-,39+,40+,41+,42+,43+,44+,45+,46+,47+,48+,49+,53+,54+/m1/s1. The van der Waals surface area contributed by atoms with Gasteiger partial charge >= 0.3 is 11.9 Å². The van der Waals surface area contributed by atoms with Crippen LogP contribution in [0.2, 0.25) is 0 Å². The number of nitrogens with two attached hydrogens (primary N) is 1. The van der Waals surface area contributed by atoms with E-state index in [2.05, 4.69) is 89.1 Å². The fraction of sp³-hybridized carbons (Fsp3) is 0.493. The van der Waals surface area contributed by atoms with E-state index in [1.54, 1.807) is 60.7 Å². The molecular weight excluding hydrogens is 1450 g/mol. The number of carbonyl (C=O) groups is 16. The van der Waals surface area contributed by atoms with Crippen molar-refractivity contribution in [3.05, 3.63) is 108 Å². The highest BCUT2D eigenvalue weighted by Gasteiger charge is 2.42. The van der Waals surface area contributed by atoms with Crippen molar-refractivity contribution in [3.63, 3.8) is 0 Å². The van der Waals surface area contributed by atoms with Crippen LogP contribution in [0.5, 0.6) is 0 Å². The predicted molar refractivity (Wildman–Crippen MR) is 377 cm³/mol. The van der Waals surface area contributed by atoms with Crippen molar-refractivity contribution in [2.75, 3.05) is 52.7 Å². The first kappa shape index (κ1) is 88.7. The van der Waals surface area contributed by atoms with Crippen LogP contribution < -0.4 is 74.9 Å². The van der Waals surface area contributed by atoms with E-state index in [4.69, 9.17) is 5.73 Å². The number of aliphatic carboxylic acids is 2. The topological polar surface area (TPSA) is 678 Å². The van der Waals surface area contributed by atoms with Crippen molar-refractivity contribution in [1.29, 1.82) is 0 Å². The average Bonchev–Trinajstić information content (AvgIpc) is 1.62. The monoisotopic (exact) mass is 1550 g/mol. The number of nitrogens with one attached hydrogen (secondary N) is 15. The number of aromatic amines is 2. The Morgan fingerprint density at radius 3 is 1.29 bits per heavy atom. The molecule has 25 N–H and O–H groups in total. The van der Waals surface area contributed by atoms with Crippen LogP contribution >= 0.6 is 0 Å². The molecule has 1 fully saturated rings. The first-order valence-electron chi connectivity index (χ1n) is 34.4. The third kappa shape index (κ3) is 28.0. The minimum absolute atomic E-state index is 0.0221. The van der Waals surface area contributed by atoms with Gasteiger partial charge in [-0.3, -0.25) is 71.9 Å². The second-order valence-electron chi connectivity index (χ2n) is 25.6. The van der Waals surface area contributed by atoms with Crippen LogP contribution in [0, 0.1) is 5.92 Å². The summed E-state index contributed by atoms with van der Waals surface area (Å²) >= 11 is 0. The summed E-state index contributed by atoms with van der Waals surface area (Å²) in [5.41, 5.74) is 7.16. The molecule has 0 unspecified atom stereocenters. The van der Waals surface area contributed by atoms with E-state index in [9.17, 15) is 118 Å². The van der Waals surface area contributed by atoms with Gasteiger partial charge in [-0.05, 0) is 36.8 Å². The number of likely N-dealkylation sites (tertiary alicyclic amines) is 1. The quantitative estimate of drug-likeness (QED) is 0.0195. The summed E-state index contributed by atoms with van der Waals surface area (Å²) in [7, 11) is 0. The lowest BCUT2D eigenvalue weighted by molar-refractivity contribution is -0.146. The Morgan fingerprint density at radius 1 is 0.464 bits per heavy atom. The Bertz CT molecular complexity index is 3800. The lowest BCUT2D eigenvalue weighted by Crippen LogP contribution is -2.61. The number of nitrogens with zero attached hydrogens (tertiary/aromatic N) is 3.